The van der Waals surface area contributed by atoms with Crippen LogP contribution in [0.2, 0.25) is 6.04 Å². The van der Waals surface area contributed by atoms with Crippen molar-refractivity contribution in [3.05, 3.63) is 0 Å². The molecule has 6 heteroatoms. The van der Waals surface area contributed by atoms with Crippen LogP contribution in [0.25, 0.3) is 0 Å². The Balaban J connectivity index is 4.74. The predicted molar refractivity (Wildman–Crippen MR) is 112 cm³/mol. The second-order valence-corrected chi connectivity index (χ2v) is 10.3. The van der Waals surface area contributed by atoms with Crippen molar-refractivity contribution < 1.29 is 8.85 Å². The van der Waals surface area contributed by atoms with E-state index in [0.717, 1.165) is 64.7 Å². The quantitative estimate of drug-likeness (QED) is 0.364. The second kappa shape index (κ2) is 15.1. The molecule has 0 spiro atoms. The molecule has 0 amide bonds. The lowest BCUT2D eigenvalue weighted by molar-refractivity contribution is 0.155. The van der Waals surface area contributed by atoms with E-state index in [4.69, 9.17) is 8.85 Å². The Kier molecular flexibility index (Phi) is 15.1. The van der Waals surface area contributed by atoms with E-state index >= 15 is 0 Å². The van der Waals surface area contributed by atoms with E-state index < -0.39 is 8.56 Å². The number of hydrogen-bond acceptors (Lipinski definition) is 5. The van der Waals surface area contributed by atoms with Crippen LogP contribution in [0.5, 0.6) is 0 Å². The summed E-state index contributed by atoms with van der Waals surface area (Å²) in [5.74, 6) is 0. The standard InChI is InChI=1S/C19H45N3O2Si/c1-8-20(6)15-13-17-22(18-14-16-21(7)9-2)19-25(12-5,23-10-3)24-11-4/h8-19H2,1-7H3. The van der Waals surface area contributed by atoms with Gasteiger partial charge in [-0.05, 0) is 86.1 Å². The highest BCUT2D eigenvalue weighted by Crippen LogP contribution is 2.16. The zero-order chi connectivity index (χ0) is 19.1. The van der Waals surface area contributed by atoms with E-state index in [1.165, 1.54) is 12.8 Å². The highest BCUT2D eigenvalue weighted by Gasteiger charge is 2.37. The maximum Gasteiger partial charge on any atom is 0.352 e. The summed E-state index contributed by atoms with van der Waals surface area (Å²) in [5.41, 5.74) is 0. The van der Waals surface area contributed by atoms with E-state index in [0.29, 0.717) is 0 Å². The lowest BCUT2D eigenvalue weighted by Gasteiger charge is -2.35. The predicted octanol–water partition coefficient (Wildman–Crippen LogP) is 3.05. The third-order valence-electron chi connectivity index (χ3n) is 4.93. The van der Waals surface area contributed by atoms with Gasteiger partial charge >= 0.3 is 8.56 Å². The molecule has 0 aromatic rings. The second-order valence-electron chi connectivity index (χ2n) is 6.91. The minimum atomic E-state index is -2.10. The van der Waals surface area contributed by atoms with Crippen LogP contribution in [0.15, 0.2) is 0 Å². The minimum Gasteiger partial charge on any atom is -0.394 e. The molecule has 0 aliphatic rings. The Morgan fingerprint density at radius 1 is 0.680 bits per heavy atom. The van der Waals surface area contributed by atoms with E-state index in [1.807, 2.05) is 0 Å². The maximum atomic E-state index is 6.20. The third-order valence-corrected chi connectivity index (χ3v) is 8.56. The first-order chi connectivity index (χ1) is 12.0. The van der Waals surface area contributed by atoms with Crippen molar-refractivity contribution in [3.8, 4) is 0 Å². The van der Waals surface area contributed by atoms with E-state index in [1.54, 1.807) is 0 Å². The van der Waals surface area contributed by atoms with Crippen molar-refractivity contribution in [3.63, 3.8) is 0 Å². The zero-order valence-corrected chi connectivity index (χ0v) is 19.1. The van der Waals surface area contributed by atoms with Crippen LogP contribution in [0.3, 0.4) is 0 Å². The summed E-state index contributed by atoms with van der Waals surface area (Å²) in [7, 11) is 2.30. The lowest BCUT2D eigenvalue weighted by Crippen LogP contribution is -2.53. The van der Waals surface area contributed by atoms with Crippen LogP contribution in [-0.4, -0.2) is 96.0 Å². The number of rotatable bonds is 17. The van der Waals surface area contributed by atoms with Gasteiger partial charge in [-0.15, -0.1) is 0 Å². The van der Waals surface area contributed by atoms with E-state index in [2.05, 4.69) is 63.4 Å². The molecular weight excluding hydrogens is 330 g/mol. The highest BCUT2D eigenvalue weighted by molar-refractivity contribution is 6.67. The van der Waals surface area contributed by atoms with Crippen molar-refractivity contribution in [2.24, 2.45) is 0 Å². The third kappa shape index (κ3) is 11.4. The molecule has 0 bridgehead atoms. The monoisotopic (exact) mass is 375 g/mol. The molecule has 152 valence electrons. The van der Waals surface area contributed by atoms with Gasteiger partial charge in [-0.25, -0.2) is 0 Å². The first-order valence-corrected chi connectivity index (χ1v) is 12.6. The van der Waals surface area contributed by atoms with Crippen LogP contribution in [0.4, 0.5) is 0 Å². The van der Waals surface area contributed by atoms with Crippen molar-refractivity contribution in [2.45, 2.75) is 53.5 Å². The maximum absolute atomic E-state index is 6.20. The molecule has 0 saturated carbocycles. The van der Waals surface area contributed by atoms with Crippen LogP contribution in [0.1, 0.15) is 47.5 Å². The molecule has 0 aromatic heterocycles. The minimum absolute atomic E-state index is 0.755. The van der Waals surface area contributed by atoms with Gasteiger partial charge in [0.25, 0.3) is 0 Å². The molecule has 0 aromatic carbocycles. The van der Waals surface area contributed by atoms with Crippen LogP contribution in [-0.2, 0) is 8.85 Å². The average Bonchev–Trinajstić information content (AvgIpc) is 2.61. The number of hydrogen-bond donors (Lipinski definition) is 0. The molecule has 5 nitrogen and oxygen atoms in total. The fourth-order valence-corrected chi connectivity index (χ4v) is 5.98. The molecule has 0 fully saturated rings. The molecule has 0 heterocycles. The SMILES string of the molecule is CCO[Si](CC)(CN(CCCN(C)CC)CCCN(C)CC)OCC. The molecular formula is C19H45N3O2Si. The Morgan fingerprint density at radius 2 is 1.12 bits per heavy atom. The molecule has 25 heavy (non-hydrogen) atoms. The lowest BCUT2D eigenvalue weighted by atomic mass is 10.3. The van der Waals surface area contributed by atoms with Gasteiger partial charge < -0.3 is 23.6 Å². The fraction of sp³-hybridized carbons (Fsp3) is 1.00. The van der Waals surface area contributed by atoms with Gasteiger partial charge in [0.15, 0.2) is 0 Å². The average molecular weight is 376 g/mol. The van der Waals surface area contributed by atoms with Crippen molar-refractivity contribution in [1.29, 1.82) is 0 Å². The highest BCUT2D eigenvalue weighted by atomic mass is 28.4. The van der Waals surface area contributed by atoms with Gasteiger partial charge in [0, 0.05) is 19.4 Å². The van der Waals surface area contributed by atoms with Crippen molar-refractivity contribution in [2.75, 3.05) is 72.7 Å². The molecule has 0 atom stereocenters. The molecule has 0 unspecified atom stereocenters. The van der Waals surface area contributed by atoms with Gasteiger partial charge in [0.05, 0.1) is 0 Å². The smallest absolute Gasteiger partial charge is 0.352 e. The Hall–Kier alpha value is 0.0169. The molecule has 0 saturated heterocycles. The van der Waals surface area contributed by atoms with Crippen molar-refractivity contribution in [1.82, 2.24) is 14.7 Å². The Bertz CT molecular complexity index is 286. The summed E-state index contributed by atoms with van der Waals surface area (Å²) in [5, 5.41) is 0. The van der Waals surface area contributed by atoms with Gasteiger partial charge in [0.1, 0.15) is 0 Å². The molecule has 0 radical (unpaired) electrons. The van der Waals surface area contributed by atoms with Crippen LogP contribution in [0, 0.1) is 0 Å². The van der Waals surface area contributed by atoms with Crippen molar-refractivity contribution >= 4 is 8.56 Å². The number of nitrogens with zero attached hydrogens (tertiary/aromatic N) is 3. The van der Waals surface area contributed by atoms with Gasteiger partial charge in [-0.2, -0.15) is 0 Å². The summed E-state index contributed by atoms with van der Waals surface area (Å²) in [4.78, 5) is 7.38. The molecule has 0 rings (SSSR count). The fourth-order valence-electron chi connectivity index (χ4n) is 3.03. The molecule has 0 aliphatic carbocycles. The first kappa shape index (κ1) is 25.0. The topological polar surface area (TPSA) is 28.2 Å². The summed E-state index contributed by atoms with van der Waals surface area (Å²) in [6.45, 7) is 19.2. The van der Waals surface area contributed by atoms with Crippen LogP contribution < -0.4 is 0 Å². The first-order valence-electron chi connectivity index (χ1n) is 10.3. The largest absolute Gasteiger partial charge is 0.394 e. The summed E-state index contributed by atoms with van der Waals surface area (Å²) < 4.78 is 12.4. The summed E-state index contributed by atoms with van der Waals surface area (Å²) >= 11 is 0. The summed E-state index contributed by atoms with van der Waals surface area (Å²) in [6, 6.07) is 1.02. The van der Waals surface area contributed by atoms with Gasteiger partial charge in [-0.3, -0.25) is 0 Å². The zero-order valence-electron chi connectivity index (χ0n) is 18.1. The van der Waals surface area contributed by atoms with E-state index in [-0.39, 0.29) is 0 Å². The van der Waals surface area contributed by atoms with Crippen LogP contribution >= 0.6 is 0 Å². The van der Waals surface area contributed by atoms with Gasteiger partial charge in [-0.1, -0.05) is 20.8 Å². The Labute approximate surface area is 158 Å². The molecule has 0 aliphatic heterocycles. The normalized spacial score (nSPS) is 12.7. The Morgan fingerprint density at radius 3 is 1.44 bits per heavy atom. The van der Waals surface area contributed by atoms with Gasteiger partial charge in [0.2, 0.25) is 0 Å². The summed E-state index contributed by atoms with van der Waals surface area (Å²) in [6.07, 6.45) is 3.41. The molecule has 0 N–H and O–H groups in total. The van der Waals surface area contributed by atoms with E-state index in [9.17, 15) is 0 Å².